The second-order valence-corrected chi connectivity index (χ2v) is 4.62. The highest BCUT2D eigenvalue weighted by molar-refractivity contribution is 5.60. The summed E-state index contributed by atoms with van der Waals surface area (Å²) in [6.45, 7) is 3.81. The van der Waals surface area contributed by atoms with Gasteiger partial charge in [0.05, 0.1) is 25.5 Å². The Kier molecular flexibility index (Phi) is 3.52. The number of hydrogen-bond donors (Lipinski definition) is 1. The number of hydrogen-bond acceptors (Lipinski definition) is 5. The molecule has 1 aromatic carbocycles. The van der Waals surface area contributed by atoms with Crippen molar-refractivity contribution in [2.45, 2.75) is 20.0 Å². The van der Waals surface area contributed by atoms with Crippen molar-refractivity contribution in [1.29, 1.82) is 0 Å². The normalized spacial score (nSPS) is 13.8. The fraction of sp³-hybridized carbons (Fsp3) is 0.333. The van der Waals surface area contributed by atoms with E-state index >= 15 is 0 Å². The maximum atomic E-state index is 6.00. The minimum atomic E-state index is 0.505. The summed E-state index contributed by atoms with van der Waals surface area (Å²) >= 11 is 0. The smallest absolute Gasteiger partial charge is 0.161 e. The first-order chi connectivity index (χ1) is 9.78. The molecule has 20 heavy (non-hydrogen) atoms. The molecule has 5 nitrogen and oxygen atoms in total. The Hall–Kier alpha value is -2.14. The molecule has 3 rings (SSSR count). The van der Waals surface area contributed by atoms with Crippen LogP contribution < -0.4 is 10.5 Å². The zero-order chi connectivity index (χ0) is 13.9. The minimum Gasteiger partial charge on any atom is -0.494 e. The summed E-state index contributed by atoms with van der Waals surface area (Å²) in [5, 5.41) is 0. The molecular weight excluding hydrogens is 254 g/mol. The van der Waals surface area contributed by atoms with Gasteiger partial charge in [-0.25, -0.2) is 9.97 Å². The van der Waals surface area contributed by atoms with E-state index in [-0.39, 0.29) is 0 Å². The quantitative estimate of drug-likeness (QED) is 0.926. The molecule has 2 N–H and O–H groups in total. The fourth-order valence-corrected chi connectivity index (χ4v) is 2.25. The first kappa shape index (κ1) is 12.9. The van der Waals surface area contributed by atoms with Crippen LogP contribution >= 0.6 is 0 Å². The van der Waals surface area contributed by atoms with Gasteiger partial charge >= 0.3 is 0 Å². The van der Waals surface area contributed by atoms with Gasteiger partial charge in [0.1, 0.15) is 11.6 Å². The second kappa shape index (κ2) is 5.46. The van der Waals surface area contributed by atoms with Crippen LogP contribution in [0.2, 0.25) is 0 Å². The summed E-state index contributed by atoms with van der Waals surface area (Å²) in [6, 6.07) is 7.73. The topological polar surface area (TPSA) is 70.3 Å². The Balaban J connectivity index is 1.95. The van der Waals surface area contributed by atoms with Crippen LogP contribution in [0, 0.1) is 0 Å². The van der Waals surface area contributed by atoms with Crippen molar-refractivity contribution in [3.05, 3.63) is 35.5 Å². The first-order valence-corrected chi connectivity index (χ1v) is 6.74. The van der Waals surface area contributed by atoms with Crippen LogP contribution in [0.3, 0.4) is 0 Å². The molecule has 2 aromatic rings. The first-order valence-electron chi connectivity index (χ1n) is 6.74. The number of nitrogens with two attached hydrogens (primary N) is 1. The van der Waals surface area contributed by atoms with Crippen molar-refractivity contribution in [2.24, 2.45) is 0 Å². The van der Waals surface area contributed by atoms with Gasteiger partial charge in [0.25, 0.3) is 0 Å². The molecule has 1 aliphatic rings. The summed E-state index contributed by atoms with van der Waals surface area (Å²) in [4.78, 5) is 8.99. The maximum absolute atomic E-state index is 6.00. The third-order valence-corrected chi connectivity index (χ3v) is 3.28. The molecule has 0 fully saturated rings. The third-order valence-electron chi connectivity index (χ3n) is 3.28. The van der Waals surface area contributed by atoms with Crippen LogP contribution in [-0.4, -0.2) is 23.2 Å². The molecular formula is C15H17N3O2. The van der Waals surface area contributed by atoms with Crippen LogP contribution in [0.1, 0.15) is 18.2 Å². The predicted molar refractivity (Wildman–Crippen MR) is 76.4 cm³/mol. The Bertz CT molecular complexity index is 611. The van der Waals surface area contributed by atoms with Gasteiger partial charge in [-0.1, -0.05) is 0 Å². The van der Waals surface area contributed by atoms with Crippen molar-refractivity contribution < 1.29 is 9.47 Å². The van der Waals surface area contributed by atoms with E-state index in [4.69, 9.17) is 15.2 Å². The van der Waals surface area contributed by atoms with Crippen molar-refractivity contribution >= 4 is 5.82 Å². The SMILES string of the molecule is CCOc1ccc(-c2nc(N)c3c(n2)CCOC3)cc1. The number of fused-ring (bicyclic) bond motifs is 1. The van der Waals surface area contributed by atoms with Crippen LogP contribution in [0.15, 0.2) is 24.3 Å². The van der Waals surface area contributed by atoms with E-state index in [1.807, 2.05) is 31.2 Å². The summed E-state index contributed by atoms with van der Waals surface area (Å²) in [5.74, 6) is 2.01. The number of benzene rings is 1. The minimum absolute atomic E-state index is 0.505. The van der Waals surface area contributed by atoms with E-state index in [0.717, 1.165) is 29.0 Å². The molecule has 0 saturated carbocycles. The third kappa shape index (κ3) is 2.44. The van der Waals surface area contributed by atoms with Crippen LogP contribution in [0.5, 0.6) is 5.75 Å². The van der Waals surface area contributed by atoms with Crippen molar-refractivity contribution in [3.63, 3.8) is 0 Å². The molecule has 2 heterocycles. The lowest BCUT2D eigenvalue weighted by molar-refractivity contribution is 0.109. The molecule has 0 amide bonds. The van der Waals surface area contributed by atoms with E-state index in [1.54, 1.807) is 0 Å². The highest BCUT2D eigenvalue weighted by atomic mass is 16.5. The van der Waals surface area contributed by atoms with Crippen molar-refractivity contribution in [2.75, 3.05) is 18.9 Å². The molecule has 5 heteroatoms. The highest BCUT2D eigenvalue weighted by Crippen LogP contribution is 2.25. The van der Waals surface area contributed by atoms with Gasteiger partial charge in [-0.15, -0.1) is 0 Å². The zero-order valence-corrected chi connectivity index (χ0v) is 11.4. The monoisotopic (exact) mass is 271 g/mol. The molecule has 0 aliphatic carbocycles. The molecule has 0 radical (unpaired) electrons. The summed E-state index contributed by atoms with van der Waals surface area (Å²) in [6.07, 6.45) is 0.784. The highest BCUT2D eigenvalue weighted by Gasteiger charge is 2.17. The molecule has 1 aliphatic heterocycles. The zero-order valence-electron chi connectivity index (χ0n) is 11.4. The molecule has 0 spiro atoms. The number of aromatic nitrogens is 2. The lowest BCUT2D eigenvalue weighted by atomic mass is 10.1. The Labute approximate surface area is 117 Å². The largest absolute Gasteiger partial charge is 0.494 e. The van der Waals surface area contributed by atoms with E-state index in [1.165, 1.54) is 0 Å². The van der Waals surface area contributed by atoms with Crippen LogP contribution in [0.4, 0.5) is 5.82 Å². The van der Waals surface area contributed by atoms with Crippen molar-refractivity contribution in [3.8, 4) is 17.1 Å². The lowest BCUT2D eigenvalue weighted by Crippen LogP contribution is -2.16. The van der Waals surface area contributed by atoms with Gasteiger partial charge in [0.2, 0.25) is 0 Å². The Morgan fingerprint density at radius 1 is 1.25 bits per heavy atom. The number of ether oxygens (including phenoxy) is 2. The number of rotatable bonds is 3. The maximum Gasteiger partial charge on any atom is 0.161 e. The molecule has 0 bridgehead atoms. The molecule has 104 valence electrons. The number of anilines is 1. The Morgan fingerprint density at radius 2 is 2.05 bits per heavy atom. The van der Waals surface area contributed by atoms with Gasteiger partial charge < -0.3 is 15.2 Å². The van der Waals surface area contributed by atoms with Gasteiger partial charge in [-0.05, 0) is 31.2 Å². The standard InChI is InChI=1S/C15H17N3O2/c1-2-20-11-5-3-10(4-6-11)15-17-13-7-8-19-9-12(13)14(16)18-15/h3-6H,2,7-9H2,1H3,(H2,16,17,18). The summed E-state index contributed by atoms with van der Waals surface area (Å²) in [5.41, 5.74) is 8.86. The van der Waals surface area contributed by atoms with Crippen LogP contribution in [-0.2, 0) is 17.8 Å². The second-order valence-electron chi connectivity index (χ2n) is 4.62. The average molecular weight is 271 g/mol. The van der Waals surface area contributed by atoms with Gasteiger partial charge in [-0.2, -0.15) is 0 Å². The average Bonchev–Trinajstić information content (AvgIpc) is 2.48. The number of nitrogens with zero attached hydrogens (tertiary/aromatic N) is 2. The van der Waals surface area contributed by atoms with Gasteiger partial charge in [-0.3, -0.25) is 0 Å². The Morgan fingerprint density at radius 3 is 2.80 bits per heavy atom. The molecule has 1 aromatic heterocycles. The van der Waals surface area contributed by atoms with E-state index < -0.39 is 0 Å². The van der Waals surface area contributed by atoms with Gasteiger partial charge in [0.15, 0.2) is 5.82 Å². The molecule has 0 atom stereocenters. The molecule has 0 saturated heterocycles. The number of nitrogen functional groups attached to an aromatic ring is 1. The van der Waals surface area contributed by atoms with E-state index in [9.17, 15) is 0 Å². The van der Waals surface area contributed by atoms with E-state index in [0.29, 0.717) is 31.5 Å². The lowest BCUT2D eigenvalue weighted by Gasteiger charge is -2.17. The summed E-state index contributed by atoms with van der Waals surface area (Å²) in [7, 11) is 0. The van der Waals surface area contributed by atoms with Gasteiger partial charge in [0, 0.05) is 17.5 Å². The van der Waals surface area contributed by atoms with Crippen molar-refractivity contribution in [1.82, 2.24) is 9.97 Å². The molecule has 0 unspecified atom stereocenters. The summed E-state index contributed by atoms with van der Waals surface area (Å²) < 4.78 is 10.8. The van der Waals surface area contributed by atoms with Crippen LogP contribution in [0.25, 0.3) is 11.4 Å². The van der Waals surface area contributed by atoms with E-state index in [2.05, 4.69) is 9.97 Å². The fourth-order valence-electron chi connectivity index (χ4n) is 2.25. The predicted octanol–water partition coefficient (Wildman–Crippen LogP) is 2.20.